The molecule has 0 bridgehead atoms. The summed E-state index contributed by atoms with van der Waals surface area (Å²) in [7, 11) is 1.86. The fourth-order valence-corrected chi connectivity index (χ4v) is 3.76. The summed E-state index contributed by atoms with van der Waals surface area (Å²) in [5.41, 5.74) is 2.22. The van der Waals surface area contributed by atoms with Gasteiger partial charge in [-0.3, -0.25) is 9.89 Å². The maximum Gasteiger partial charge on any atom is 0.193 e. The van der Waals surface area contributed by atoms with Crippen molar-refractivity contribution in [3.63, 3.8) is 0 Å². The summed E-state index contributed by atoms with van der Waals surface area (Å²) >= 11 is 0. The zero-order chi connectivity index (χ0) is 20.7. The van der Waals surface area contributed by atoms with E-state index in [-0.39, 0.29) is 35.6 Å². The Balaban J connectivity index is 0.00000320. The maximum atomic E-state index is 4.93. The van der Waals surface area contributed by atoms with Gasteiger partial charge in [0.1, 0.15) is 6.26 Å². The van der Waals surface area contributed by atoms with Crippen molar-refractivity contribution in [1.82, 2.24) is 25.6 Å². The first-order valence-corrected chi connectivity index (χ1v) is 10.4. The van der Waals surface area contributed by atoms with Crippen LogP contribution >= 0.6 is 24.0 Å². The molecule has 0 spiro atoms. The molecule has 166 valence electrons. The highest BCUT2D eigenvalue weighted by molar-refractivity contribution is 14.0. The summed E-state index contributed by atoms with van der Waals surface area (Å²) in [6.07, 6.45) is 1.63. The minimum Gasteiger partial charge on any atom is -0.364 e. The first-order chi connectivity index (χ1) is 14.0. The van der Waals surface area contributed by atoms with Crippen molar-refractivity contribution in [1.29, 1.82) is 0 Å². The first kappa shape index (κ1) is 24.6. The fourth-order valence-electron chi connectivity index (χ4n) is 3.76. The number of hydrogen-bond acceptors (Lipinski definition) is 5. The topological polar surface area (TPSA) is 68.9 Å². The van der Waals surface area contributed by atoms with Crippen molar-refractivity contribution >= 4 is 29.9 Å². The van der Waals surface area contributed by atoms with Crippen LogP contribution in [0.3, 0.4) is 0 Å². The lowest BCUT2D eigenvalue weighted by Crippen LogP contribution is -2.56. The first-order valence-electron chi connectivity index (χ1n) is 10.4. The molecule has 3 rings (SSSR count). The molecule has 8 heteroatoms. The van der Waals surface area contributed by atoms with Gasteiger partial charge in [0.05, 0.1) is 5.69 Å². The molecule has 2 N–H and O–H groups in total. The van der Waals surface area contributed by atoms with Gasteiger partial charge in [-0.1, -0.05) is 35.5 Å². The Morgan fingerprint density at radius 1 is 1.17 bits per heavy atom. The standard InChI is InChI=1S/C22H34N6O.HI/c1-18(19-8-6-5-7-9-19)25-22(2,3)17-24-21(23-4)28-13-11-27(12-14-28)16-20-10-15-29-26-20;/h5-10,15,18,25H,11-14,16-17H2,1-4H3,(H,23,24);1H. The van der Waals surface area contributed by atoms with E-state index in [2.05, 4.69) is 81.7 Å². The fraction of sp³-hybridized carbons (Fsp3) is 0.545. The second-order valence-electron chi connectivity index (χ2n) is 8.32. The van der Waals surface area contributed by atoms with Crippen LogP contribution in [0.2, 0.25) is 0 Å². The second-order valence-corrected chi connectivity index (χ2v) is 8.32. The van der Waals surface area contributed by atoms with E-state index < -0.39 is 0 Å². The number of aliphatic imine (C=N–C) groups is 1. The molecule has 0 amide bonds. The van der Waals surface area contributed by atoms with Crippen LogP contribution in [0.5, 0.6) is 0 Å². The van der Waals surface area contributed by atoms with Crippen molar-refractivity contribution in [3.8, 4) is 0 Å². The van der Waals surface area contributed by atoms with Crippen LogP contribution < -0.4 is 10.6 Å². The molecule has 1 aliphatic rings. The van der Waals surface area contributed by atoms with E-state index in [0.29, 0.717) is 0 Å². The van der Waals surface area contributed by atoms with Crippen LogP contribution in [0.1, 0.15) is 38.1 Å². The Labute approximate surface area is 197 Å². The lowest BCUT2D eigenvalue weighted by molar-refractivity contribution is 0.168. The SMILES string of the molecule is CN=C(NCC(C)(C)NC(C)c1ccccc1)N1CCN(Cc2ccon2)CC1.I. The molecule has 7 nitrogen and oxygen atoms in total. The van der Waals surface area contributed by atoms with Gasteiger partial charge in [0.2, 0.25) is 0 Å². The predicted molar refractivity (Wildman–Crippen MR) is 132 cm³/mol. The largest absolute Gasteiger partial charge is 0.364 e. The molecule has 1 aromatic heterocycles. The summed E-state index contributed by atoms with van der Waals surface area (Å²) in [6.45, 7) is 12.2. The van der Waals surface area contributed by atoms with Crippen LogP contribution in [0.25, 0.3) is 0 Å². The highest BCUT2D eigenvalue weighted by atomic mass is 127. The van der Waals surface area contributed by atoms with Crippen molar-refractivity contribution in [3.05, 3.63) is 53.9 Å². The molecule has 1 saturated heterocycles. The van der Waals surface area contributed by atoms with Crippen molar-refractivity contribution in [2.75, 3.05) is 39.8 Å². The molecule has 0 radical (unpaired) electrons. The Morgan fingerprint density at radius 3 is 2.47 bits per heavy atom. The van der Waals surface area contributed by atoms with E-state index >= 15 is 0 Å². The number of nitrogens with zero attached hydrogens (tertiary/aromatic N) is 4. The van der Waals surface area contributed by atoms with Crippen LogP contribution in [0.4, 0.5) is 0 Å². The summed E-state index contributed by atoms with van der Waals surface area (Å²) in [5.74, 6) is 0.966. The number of aromatic nitrogens is 1. The molecule has 1 unspecified atom stereocenters. The third-order valence-electron chi connectivity index (χ3n) is 5.36. The number of nitrogens with one attached hydrogen (secondary N) is 2. The van der Waals surface area contributed by atoms with Gasteiger partial charge in [-0.25, -0.2) is 0 Å². The van der Waals surface area contributed by atoms with E-state index in [0.717, 1.165) is 50.9 Å². The average Bonchev–Trinajstić information content (AvgIpc) is 3.23. The highest BCUT2D eigenvalue weighted by Gasteiger charge is 2.24. The Bertz CT molecular complexity index is 757. The van der Waals surface area contributed by atoms with Crippen molar-refractivity contribution < 1.29 is 4.52 Å². The molecule has 1 fully saturated rings. The van der Waals surface area contributed by atoms with Crippen LogP contribution in [0, 0.1) is 0 Å². The molecule has 2 aromatic rings. The van der Waals surface area contributed by atoms with Gasteiger partial charge >= 0.3 is 0 Å². The van der Waals surface area contributed by atoms with Gasteiger partial charge in [-0.05, 0) is 26.3 Å². The summed E-state index contributed by atoms with van der Waals surface area (Å²) in [5, 5.41) is 11.3. The zero-order valence-electron chi connectivity index (χ0n) is 18.5. The normalized spacial score (nSPS) is 16.8. The molecular formula is C22H35IN6O. The number of rotatable bonds is 7. The van der Waals surface area contributed by atoms with Gasteiger partial charge < -0.3 is 20.1 Å². The van der Waals surface area contributed by atoms with E-state index in [4.69, 9.17) is 4.52 Å². The van der Waals surface area contributed by atoms with Crippen LogP contribution in [0.15, 0.2) is 52.2 Å². The number of piperazine rings is 1. The molecule has 0 aliphatic carbocycles. The maximum absolute atomic E-state index is 4.93. The minimum atomic E-state index is -0.0695. The molecular weight excluding hydrogens is 491 g/mol. The quantitative estimate of drug-likeness (QED) is 0.329. The van der Waals surface area contributed by atoms with Crippen molar-refractivity contribution in [2.45, 2.75) is 38.9 Å². The lowest BCUT2D eigenvalue weighted by Gasteiger charge is -2.37. The van der Waals surface area contributed by atoms with Gasteiger partial charge in [-0.2, -0.15) is 0 Å². The molecule has 1 aliphatic heterocycles. The third kappa shape index (κ3) is 7.24. The summed E-state index contributed by atoms with van der Waals surface area (Å²) < 4.78 is 4.93. The van der Waals surface area contributed by atoms with Gasteiger partial charge in [-0.15, -0.1) is 24.0 Å². The van der Waals surface area contributed by atoms with Crippen LogP contribution in [-0.2, 0) is 6.54 Å². The molecule has 2 heterocycles. The summed E-state index contributed by atoms with van der Waals surface area (Å²) in [6, 6.07) is 12.8. The number of hydrogen-bond donors (Lipinski definition) is 2. The van der Waals surface area contributed by atoms with Crippen LogP contribution in [-0.4, -0.2) is 66.2 Å². The Kier molecular flexibility index (Phi) is 9.57. The molecule has 1 atom stereocenters. The lowest BCUT2D eigenvalue weighted by atomic mass is 10.0. The van der Waals surface area contributed by atoms with E-state index in [9.17, 15) is 0 Å². The van der Waals surface area contributed by atoms with Gasteiger partial charge in [0.25, 0.3) is 0 Å². The zero-order valence-corrected chi connectivity index (χ0v) is 20.8. The van der Waals surface area contributed by atoms with Gasteiger partial charge in [0.15, 0.2) is 5.96 Å². The second kappa shape index (κ2) is 11.7. The molecule has 0 saturated carbocycles. The van der Waals surface area contributed by atoms with Gasteiger partial charge in [0, 0.05) is 64.0 Å². The third-order valence-corrected chi connectivity index (χ3v) is 5.36. The molecule has 30 heavy (non-hydrogen) atoms. The Hall–Kier alpha value is -1.65. The molecule has 1 aromatic carbocycles. The Morgan fingerprint density at radius 2 is 1.87 bits per heavy atom. The number of halogens is 1. The van der Waals surface area contributed by atoms with E-state index in [1.165, 1.54) is 5.56 Å². The monoisotopic (exact) mass is 526 g/mol. The smallest absolute Gasteiger partial charge is 0.193 e. The van der Waals surface area contributed by atoms with E-state index in [1.54, 1.807) is 6.26 Å². The summed E-state index contributed by atoms with van der Waals surface area (Å²) in [4.78, 5) is 9.24. The van der Waals surface area contributed by atoms with E-state index in [1.807, 2.05) is 13.1 Å². The average molecular weight is 526 g/mol. The predicted octanol–water partition coefficient (Wildman–Crippen LogP) is 3.12. The minimum absolute atomic E-state index is 0. The highest BCUT2D eigenvalue weighted by Crippen LogP contribution is 2.16. The number of benzene rings is 1. The number of guanidine groups is 1. The van der Waals surface area contributed by atoms with Crippen molar-refractivity contribution in [2.24, 2.45) is 4.99 Å².